The van der Waals surface area contributed by atoms with Gasteiger partial charge in [-0.25, -0.2) is 0 Å². The molecule has 1 saturated heterocycles. The molecular weight excluding hydrogens is 336 g/mol. The van der Waals surface area contributed by atoms with Gasteiger partial charge in [-0.05, 0) is 30.7 Å². The molecule has 1 aliphatic rings. The highest BCUT2D eigenvalue weighted by Gasteiger charge is 2.12. The number of thioether (sulfide) groups is 1. The molecule has 25 heavy (non-hydrogen) atoms. The first-order valence-electron chi connectivity index (χ1n) is 8.57. The van der Waals surface area contributed by atoms with E-state index in [4.69, 9.17) is 9.15 Å². The Morgan fingerprint density at radius 1 is 1.36 bits per heavy atom. The van der Waals surface area contributed by atoms with Gasteiger partial charge < -0.3 is 14.5 Å². The van der Waals surface area contributed by atoms with Gasteiger partial charge in [0, 0.05) is 31.1 Å². The van der Waals surface area contributed by atoms with Gasteiger partial charge in [0.1, 0.15) is 18.1 Å². The second-order valence-corrected chi connectivity index (χ2v) is 7.41. The summed E-state index contributed by atoms with van der Waals surface area (Å²) in [5, 5.41) is 2.85. The van der Waals surface area contributed by atoms with Crippen molar-refractivity contribution in [3.05, 3.63) is 54.0 Å². The summed E-state index contributed by atoms with van der Waals surface area (Å²) in [7, 11) is 0. The van der Waals surface area contributed by atoms with Crippen molar-refractivity contribution in [2.24, 2.45) is 0 Å². The van der Waals surface area contributed by atoms with Gasteiger partial charge in [0.2, 0.25) is 0 Å². The Morgan fingerprint density at radius 2 is 2.20 bits per heavy atom. The number of carbonyl (C=O) groups is 1. The first kappa shape index (κ1) is 17.9. The Bertz CT molecular complexity index is 669. The summed E-state index contributed by atoms with van der Waals surface area (Å²) in [4.78, 5) is 14.4. The molecule has 1 aliphatic heterocycles. The average Bonchev–Trinajstić information content (AvgIpc) is 3.16. The predicted octanol–water partition coefficient (Wildman–Crippen LogP) is 3.03. The number of hydrogen-bond donors (Lipinski definition) is 1. The fourth-order valence-corrected chi connectivity index (χ4v) is 3.72. The van der Waals surface area contributed by atoms with Crippen LogP contribution in [-0.2, 0) is 6.54 Å². The molecule has 1 aromatic heterocycles. The summed E-state index contributed by atoms with van der Waals surface area (Å²) in [6.45, 7) is 5.64. The fraction of sp³-hybridized carbons (Fsp3) is 0.421. The van der Waals surface area contributed by atoms with Gasteiger partial charge in [-0.15, -0.1) is 0 Å². The molecule has 2 aromatic rings. The lowest BCUT2D eigenvalue weighted by Gasteiger charge is -2.26. The van der Waals surface area contributed by atoms with Crippen molar-refractivity contribution in [1.29, 1.82) is 0 Å². The van der Waals surface area contributed by atoms with Crippen LogP contribution in [0.3, 0.4) is 0 Å². The summed E-state index contributed by atoms with van der Waals surface area (Å²) in [6, 6.07) is 9.86. The van der Waals surface area contributed by atoms with Gasteiger partial charge >= 0.3 is 0 Å². The van der Waals surface area contributed by atoms with E-state index in [0.717, 1.165) is 25.4 Å². The van der Waals surface area contributed by atoms with Crippen molar-refractivity contribution in [1.82, 2.24) is 10.2 Å². The number of nitrogens with zero attached hydrogens (tertiary/aromatic N) is 1. The van der Waals surface area contributed by atoms with Crippen LogP contribution in [0.2, 0.25) is 0 Å². The van der Waals surface area contributed by atoms with Crippen LogP contribution in [-0.4, -0.2) is 48.1 Å². The first-order chi connectivity index (χ1) is 12.2. The van der Waals surface area contributed by atoms with E-state index in [0.29, 0.717) is 12.1 Å². The lowest BCUT2D eigenvalue weighted by molar-refractivity contribution is 0.0931. The SMILES string of the molecule is C[C@@H](CNC(=O)c1ccoc1)Oc1cccc(CN2CCSCC2)c1. The van der Waals surface area contributed by atoms with Crippen LogP contribution in [0.5, 0.6) is 5.75 Å². The maximum Gasteiger partial charge on any atom is 0.254 e. The zero-order valence-corrected chi connectivity index (χ0v) is 15.3. The van der Waals surface area contributed by atoms with Gasteiger partial charge in [-0.3, -0.25) is 9.69 Å². The normalized spacial score (nSPS) is 16.4. The Hall–Kier alpha value is -1.92. The molecule has 0 saturated carbocycles. The van der Waals surface area contributed by atoms with Gasteiger partial charge in [0.15, 0.2) is 0 Å². The van der Waals surface area contributed by atoms with Gasteiger partial charge in [-0.2, -0.15) is 11.8 Å². The number of benzene rings is 1. The number of carbonyl (C=O) groups excluding carboxylic acids is 1. The number of amides is 1. The Kier molecular flexibility index (Phi) is 6.42. The zero-order valence-electron chi connectivity index (χ0n) is 14.4. The van der Waals surface area contributed by atoms with Crippen LogP contribution in [0, 0.1) is 0 Å². The van der Waals surface area contributed by atoms with Gasteiger partial charge in [0.05, 0.1) is 18.4 Å². The van der Waals surface area contributed by atoms with Crippen LogP contribution in [0.4, 0.5) is 0 Å². The molecule has 1 amide bonds. The molecule has 1 N–H and O–H groups in total. The van der Waals surface area contributed by atoms with Crippen LogP contribution in [0.25, 0.3) is 0 Å². The van der Waals surface area contributed by atoms with Crippen LogP contribution in [0.1, 0.15) is 22.8 Å². The van der Waals surface area contributed by atoms with E-state index in [1.807, 2.05) is 30.8 Å². The molecule has 0 bridgehead atoms. The number of nitrogens with one attached hydrogen (secondary N) is 1. The third-order valence-corrected chi connectivity index (χ3v) is 5.02. The fourth-order valence-electron chi connectivity index (χ4n) is 2.74. The molecule has 0 unspecified atom stereocenters. The quantitative estimate of drug-likeness (QED) is 0.823. The second-order valence-electron chi connectivity index (χ2n) is 6.19. The van der Waals surface area contributed by atoms with Crippen molar-refractivity contribution >= 4 is 17.7 Å². The van der Waals surface area contributed by atoms with Crippen molar-refractivity contribution in [3.8, 4) is 5.75 Å². The van der Waals surface area contributed by atoms with E-state index in [9.17, 15) is 4.79 Å². The van der Waals surface area contributed by atoms with Crippen LogP contribution < -0.4 is 10.1 Å². The molecule has 1 aromatic carbocycles. The number of ether oxygens (including phenoxy) is 1. The lowest BCUT2D eigenvalue weighted by Crippen LogP contribution is -2.33. The minimum Gasteiger partial charge on any atom is -0.489 e. The molecule has 2 heterocycles. The Morgan fingerprint density at radius 3 is 2.96 bits per heavy atom. The number of hydrogen-bond acceptors (Lipinski definition) is 5. The highest BCUT2D eigenvalue weighted by Crippen LogP contribution is 2.18. The largest absolute Gasteiger partial charge is 0.489 e. The maximum atomic E-state index is 11.9. The van der Waals surface area contributed by atoms with Crippen molar-refractivity contribution in [2.75, 3.05) is 31.1 Å². The summed E-state index contributed by atoms with van der Waals surface area (Å²) in [5.74, 6) is 3.11. The van der Waals surface area contributed by atoms with E-state index >= 15 is 0 Å². The van der Waals surface area contributed by atoms with Gasteiger partial charge in [-0.1, -0.05) is 12.1 Å². The molecule has 0 aliphatic carbocycles. The van der Waals surface area contributed by atoms with E-state index in [1.54, 1.807) is 6.07 Å². The highest BCUT2D eigenvalue weighted by molar-refractivity contribution is 7.99. The summed E-state index contributed by atoms with van der Waals surface area (Å²) in [5.41, 5.74) is 1.79. The smallest absolute Gasteiger partial charge is 0.254 e. The van der Waals surface area contributed by atoms with Crippen LogP contribution >= 0.6 is 11.8 Å². The molecule has 1 fully saturated rings. The molecule has 1 atom stereocenters. The van der Waals surface area contributed by atoms with E-state index in [2.05, 4.69) is 22.3 Å². The average molecular weight is 360 g/mol. The lowest BCUT2D eigenvalue weighted by atomic mass is 10.2. The molecule has 5 nitrogen and oxygen atoms in total. The minimum atomic E-state index is -0.152. The molecule has 134 valence electrons. The number of furan rings is 1. The summed E-state index contributed by atoms with van der Waals surface area (Å²) >= 11 is 2.02. The standard InChI is InChI=1S/C19H24N2O3S/c1-15(12-20-19(22)17-5-8-23-14-17)24-18-4-2-3-16(11-18)13-21-6-9-25-10-7-21/h2-5,8,11,14-15H,6-7,9-10,12-13H2,1H3,(H,20,22)/t15-/m0/s1. The zero-order chi connectivity index (χ0) is 17.5. The third-order valence-electron chi connectivity index (χ3n) is 4.08. The summed E-state index contributed by atoms with van der Waals surface area (Å²) < 4.78 is 10.9. The molecule has 0 radical (unpaired) electrons. The topological polar surface area (TPSA) is 54.7 Å². The molecule has 6 heteroatoms. The van der Waals surface area contributed by atoms with Crippen molar-refractivity contribution in [3.63, 3.8) is 0 Å². The summed E-state index contributed by atoms with van der Waals surface area (Å²) in [6.07, 6.45) is 2.81. The van der Waals surface area contributed by atoms with E-state index < -0.39 is 0 Å². The Labute approximate surface area is 152 Å². The predicted molar refractivity (Wildman–Crippen MR) is 100 cm³/mol. The second kappa shape index (κ2) is 8.97. The number of rotatable bonds is 7. The molecule has 3 rings (SSSR count). The molecule has 0 spiro atoms. The van der Waals surface area contributed by atoms with Gasteiger partial charge in [0.25, 0.3) is 5.91 Å². The molecular formula is C19H24N2O3S. The monoisotopic (exact) mass is 360 g/mol. The van der Waals surface area contributed by atoms with Crippen LogP contribution in [0.15, 0.2) is 47.3 Å². The Balaban J connectivity index is 1.48. The van der Waals surface area contributed by atoms with Crippen molar-refractivity contribution in [2.45, 2.75) is 19.6 Å². The first-order valence-corrected chi connectivity index (χ1v) is 9.72. The van der Waals surface area contributed by atoms with Crippen molar-refractivity contribution < 1.29 is 13.9 Å². The maximum absolute atomic E-state index is 11.9. The minimum absolute atomic E-state index is 0.113. The highest BCUT2D eigenvalue weighted by atomic mass is 32.2. The van der Waals surface area contributed by atoms with E-state index in [-0.39, 0.29) is 12.0 Å². The van der Waals surface area contributed by atoms with E-state index in [1.165, 1.54) is 29.6 Å². The third kappa shape index (κ3) is 5.54.